The summed E-state index contributed by atoms with van der Waals surface area (Å²) in [6, 6.07) is 9.18. The Morgan fingerprint density at radius 2 is 1.93 bits per heavy atom. The van der Waals surface area contributed by atoms with Gasteiger partial charge in [-0.1, -0.05) is 16.8 Å². The van der Waals surface area contributed by atoms with Gasteiger partial charge >= 0.3 is 0 Å². The van der Waals surface area contributed by atoms with Crippen LogP contribution in [-0.2, 0) is 5.88 Å². The monoisotopic (exact) mass is 227 g/mol. The first-order valence-corrected chi connectivity index (χ1v) is 4.98. The van der Waals surface area contributed by atoms with Crippen LogP contribution in [0.1, 0.15) is 5.69 Å². The van der Waals surface area contributed by atoms with Gasteiger partial charge in [0.05, 0.1) is 11.6 Å². The molecule has 0 aliphatic heterocycles. The van der Waals surface area contributed by atoms with Crippen molar-refractivity contribution >= 4 is 23.2 Å². The summed E-state index contributed by atoms with van der Waals surface area (Å²) in [5.41, 5.74) is 1.68. The Bertz CT molecular complexity index is 422. The lowest BCUT2D eigenvalue weighted by atomic mass is 10.2. The molecule has 2 nitrogen and oxygen atoms in total. The standard InChI is InChI=1S/C10H7Cl2NO/c11-6-9-5-10(14-13-9)7-1-3-8(12)4-2-7/h1-5H,6H2. The predicted molar refractivity (Wildman–Crippen MR) is 56.5 cm³/mol. The molecule has 0 aliphatic rings. The van der Waals surface area contributed by atoms with Crippen molar-refractivity contribution < 1.29 is 4.52 Å². The lowest BCUT2D eigenvalue weighted by Gasteiger charge is -1.93. The van der Waals surface area contributed by atoms with Crippen LogP contribution in [0.2, 0.25) is 5.02 Å². The van der Waals surface area contributed by atoms with E-state index in [0.29, 0.717) is 16.7 Å². The second kappa shape index (κ2) is 4.03. The molecule has 1 aromatic carbocycles. The number of halogens is 2. The molecule has 0 saturated carbocycles. The number of nitrogens with zero attached hydrogens (tertiary/aromatic N) is 1. The van der Waals surface area contributed by atoms with Gasteiger partial charge in [-0.15, -0.1) is 11.6 Å². The summed E-state index contributed by atoms with van der Waals surface area (Å²) in [5, 5.41) is 4.49. The number of alkyl halides is 1. The fourth-order valence-electron chi connectivity index (χ4n) is 1.12. The van der Waals surface area contributed by atoms with Gasteiger partial charge in [-0.25, -0.2) is 0 Å². The lowest BCUT2D eigenvalue weighted by Crippen LogP contribution is -1.72. The molecule has 1 heterocycles. The van der Waals surface area contributed by atoms with Crippen LogP contribution in [0.15, 0.2) is 34.9 Å². The SMILES string of the molecule is ClCc1cc(-c2ccc(Cl)cc2)on1. The highest BCUT2D eigenvalue weighted by molar-refractivity contribution is 6.30. The zero-order valence-electron chi connectivity index (χ0n) is 7.21. The molecule has 0 bridgehead atoms. The van der Waals surface area contributed by atoms with E-state index in [0.717, 1.165) is 11.3 Å². The molecule has 0 radical (unpaired) electrons. The average Bonchev–Trinajstić information content (AvgIpc) is 2.67. The smallest absolute Gasteiger partial charge is 0.167 e. The minimum Gasteiger partial charge on any atom is -0.356 e. The van der Waals surface area contributed by atoms with E-state index in [9.17, 15) is 0 Å². The second-order valence-electron chi connectivity index (χ2n) is 2.82. The van der Waals surface area contributed by atoms with Crippen LogP contribution in [-0.4, -0.2) is 5.16 Å². The van der Waals surface area contributed by atoms with E-state index in [1.54, 1.807) is 12.1 Å². The summed E-state index contributed by atoms with van der Waals surface area (Å²) in [5.74, 6) is 1.06. The molecule has 0 N–H and O–H groups in total. The molecule has 0 amide bonds. The van der Waals surface area contributed by atoms with Crippen molar-refractivity contribution in [1.29, 1.82) is 0 Å². The Balaban J connectivity index is 2.34. The van der Waals surface area contributed by atoms with Gasteiger partial charge in [0.2, 0.25) is 0 Å². The number of aromatic nitrogens is 1. The molecular weight excluding hydrogens is 221 g/mol. The van der Waals surface area contributed by atoms with Crippen molar-refractivity contribution in [2.45, 2.75) is 5.88 Å². The fraction of sp³-hybridized carbons (Fsp3) is 0.100. The number of hydrogen-bond donors (Lipinski definition) is 0. The molecule has 0 aliphatic carbocycles. The molecule has 4 heteroatoms. The van der Waals surface area contributed by atoms with Gasteiger partial charge in [0.25, 0.3) is 0 Å². The quantitative estimate of drug-likeness (QED) is 0.732. The number of rotatable bonds is 2. The van der Waals surface area contributed by atoms with Crippen LogP contribution in [0, 0.1) is 0 Å². The van der Waals surface area contributed by atoms with Crippen LogP contribution in [0.3, 0.4) is 0 Å². The summed E-state index contributed by atoms with van der Waals surface area (Å²) in [7, 11) is 0. The van der Waals surface area contributed by atoms with Gasteiger partial charge in [0.1, 0.15) is 0 Å². The topological polar surface area (TPSA) is 26.0 Å². The van der Waals surface area contributed by atoms with E-state index in [-0.39, 0.29) is 0 Å². The maximum Gasteiger partial charge on any atom is 0.167 e. The maximum atomic E-state index is 5.76. The van der Waals surface area contributed by atoms with E-state index in [1.165, 1.54) is 0 Å². The highest BCUT2D eigenvalue weighted by atomic mass is 35.5. The van der Waals surface area contributed by atoms with E-state index in [1.807, 2.05) is 18.2 Å². The Labute approximate surface area is 91.4 Å². The summed E-state index contributed by atoms with van der Waals surface area (Å²) in [6.45, 7) is 0. The Kier molecular flexibility index (Phi) is 2.75. The van der Waals surface area contributed by atoms with Crippen LogP contribution in [0.5, 0.6) is 0 Å². The minimum absolute atomic E-state index is 0.358. The van der Waals surface area contributed by atoms with Crippen LogP contribution in [0.4, 0.5) is 0 Å². The third-order valence-corrected chi connectivity index (χ3v) is 2.35. The molecule has 1 aromatic heterocycles. The number of hydrogen-bond acceptors (Lipinski definition) is 2. The fourth-order valence-corrected chi connectivity index (χ4v) is 1.38. The van der Waals surface area contributed by atoms with Crippen molar-refractivity contribution in [2.24, 2.45) is 0 Å². The predicted octanol–water partition coefficient (Wildman–Crippen LogP) is 3.73. The summed E-state index contributed by atoms with van der Waals surface area (Å²) < 4.78 is 5.10. The minimum atomic E-state index is 0.358. The first-order valence-electron chi connectivity index (χ1n) is 4.07. The van der Waals surface area contributed by atoms with Crippen molar-refractivity contribution in [3.63, 3.8) is 0 Å². The van der Waals surface area contributed by atoms with Crippen molar-refractivity contribution in [3.05, 3.63) is 41.0 Å². The normalized spacial score (nSPS) is 10.4. The number of benzene rings is 1. The second-order valence-corrected chi connectivity index (χ2v) is 3.53. The third kappa shape index (κ3) is 1.91. The van der Waals surface area contributed by atoms with E-state index in [4.69, 9.17) is 27.7 Å². The molecule has 0 fully saturated rings. The zero-order chi connectivity index (χ0) is 9.97. The van der Waals surface area contributed by atoms with Crippen molar-refractivity contribution in [3.8, 4) is 11.3 Å². The van der Waals surface area contributed by atoms with Gasteiger partial charge in [-0.3, -0.25) is 0 Å². The highest BCUT2D eigenvalue weighted by Crippen LogP contribution is 2.22. The van der Waals surface area contributed by atoms with Gasteiger partial charge in [0, 0.05) is 16.7 Å². The van der Waals surface area contributed by atoms with Gasteiger partial charge in [-0.05, 0) is 24.3 Å². The third-order valence-electron chi connectivity index (χ3n) is 1.82. The highest BCUT2D eigenvalue weighted by Gasteiger charge is 2.05. The molecule has 0 atom stereocenters. The molecule has 0 saturated heterocycles. The van der Waals surface area contributed by atoms with E-state index >= 15 is 0 Å². The first-order chi connectivity index (χ1) is 6.79. The lowest BCUT2D eigenvalue weighted by molar-refractivity contribution is 0.426. The van der Waals surface area contributed by atoms with Crippen LogP contribution < -0.4 is 0 Å². The van der Waals surface area contributed by atoms with Crippen molar-refractivity contribution in [1.82, 2.24) is 5.16 Å². The molecular formula is C10H7Cl2NO. The Morgan fingerprint density at radius 3 is 2.50 bits per heavy atom. The summed E-state index contributed by atoms with van der Waals surface area (Å²) in [4.78, 5) is 0. The van der Waals surface area contributed by atoms with E-state index in [2.05, 4.69) is 5.16 Å². The molecule has 72 valence electrons. The average molecular weight is 228 g/mol. The molecule has 2 rings (SSSR count). The molecule has 0 unspecified atom stereocenters. The molecule has 14 heavy (non-hydrogen) atoms. The van der Waals surface area contributed by atoms with Crippen LogP contribution >= 0.6 is 23.2 Å². The Hall–Kier alpha value is -0.990. The van der Waals surface area contributed by atoms with Crippen molar-refractivity contribution in [2.75, 3.05) is 0 Å². The van der Waals surface area contributed by atoms with E-state index < -0.39 is 0 Å². The summed E-state index contributed by atoms with van der Waals surface area (Å²) >= 11 is 11.4. The Morgan fingerprint density at radius 1 is 1.21 bits per heavy atom. The molecule has 2 aromatic rings. The molecule has 0 spiro atoms. The first kappa shape index (κ1) is 9.56. The maximum absolute atomic E-state index is 5.76. The largest absolute Gasteiger partial charge is 0.356 e. The van der Waals surface area contributed by atoms with Gasteiger partial charge in [0.15, 0.2) is 5.76 Å². The van der Waals surface area contributed by atoms with Crippen LogP contribution in [0.25, 0.3) is 11.3 Å². The zero-order valence-corrected chi connectivity index (χ0v) is 8.72. The van der Waals surface area contributed by atoms with Gasteiger partial charge < -0.3 is 4.52 Å². The summed E-state index contributed by atoms with van der Waals surface area (Å²) in [6.07, 6.45) is 0. The van der Waals surface area contributed by atoms with Gasteiger partial charge in [-0.2, -0.15) is 0 Å².